The minimum Gasteiger partial charge on any atom is -0.296 e. The van der Waals surface area contributed by atoms with E-state index < -0.39 is 5.41 Å². The molecule has 1 aromatic rings. The van der Waals surface area contributed by atoms with Gasteiger partial charge in [-0.3, -0.25) is 14.9 Å². The van der Waals surface area contributed by atoms with Gasteiger partial charge in [-0.2, -0.15) is 0 Å². The summed E-state index contributed by atoms with van der Waals surface area (Å²) in [6, 6.07) is 4.59. The fraction of sp³-hybridized carbons (Fsp3) is 0.385. The smallest absolute Gasteiger partial charge is 0.231 e. The molecule has 2 atom stereocenters. The number of hydrogen-bond acceptors (Lipinski definition) is 2. The van der Waals surface area contributed by atoms with Crippen LogP contribution in [0.2, 0.25) is 0 Å². The van der Waals surface area contributed by atoms with Gasteiger partial charge in [-0.1, -0.05) is 22.9 Å². The number of halogens is 2. The lowest BCUT2D eigenvalue weighted by Gasteiger charge is -2.19. The number of imide groups is 1. The molecule has 5 heteroatoms. The maximum absolute atomic E-state index is 13.5. The van der Waals surface area contributed by atoms with Crippen molar-refractivity contribution in [3.8, 4) is 0 Å². The standard InChI is InChI=1S/C13H11BrFNO2/c1-2-13(6-3-7(14)5-8(15)4-6)9-10(13)12(18)16-11(9)17/h3-5,9-10H,2H2,1H3,(H,16,17,18). The van der Waals surface area contributed by atoms with Crippen LogP contribution in [0.4, 0.5) is 4.39 Å². The summed E-state index contributed by atoms with van der Waals surface area (Å²) in [5.41, 5.74) is 0.222. The molecule has 1 heterocycles. The average Bonchev–Trinajstić information content (AvgIpc) is 2.88. The summed E-state index contributed by atoms with van der Waals surface area (Å²) in [6.45, 7) is 1.93. The number of piperidine rings is 1. The van der Waals surface area contributed by atoms with E-state index in [2.05, 4.69) is 21.2 Å². The van der Waals surface area contributed by atoms with Gasteiger partial charge >= 0.3 is 0 Å². The summed E-state index contributed by atoms with van der Waals surface area (Å²) in [4.78, 5) is 23.4. The molecule has 0 aromatic heterocycles. The molecule has 2 amide bonds. The molecule has 94 valence electrons. The van der Waals surface area contributed by atoms with E-state index in [-0.39, 0.29) is 29.5 Å². The van der Waals surface area contributed by atoms with Gasteiger partial charge in [-0.15, -0.1) is 0 Å². The highest BCUT2D eigenvalue weighted by atomic mass is 79.9. The van der Waals surface area contributed by atoms with E-state index in [1.165, 1.54) is 12.1 Å². The molecule has 18 heavy (non-hydrogen) atoms. The van der Waals surface area contributed by atoms with Crippen LogP contribution >= 0.6 is 15.9 Å². The number of carbonyl (C=O) groups is 2. The molecular formula is C13H11BrFNO2. The van der Waals surface area contributed by atoms with Crippen molar-refractivity contribution in [1.29, 1.82) is 0 Å². The van der Waals surface area contributed by atoms with Crippen molar-refractivity contribution in [3.63, 3.8) is 0 Å². The van der Waals surface area contributed by atoms with Gasteiger partial charge in [0.1, 0.15) is 5.82 Å². The normalized spacial score (nSPS) is 33.3. The lowest BCUT2D eigenvalue weighted by atomic mass is 9.87. The van der Waals surface area contributed by atoms with Crippen molar-refractivity contribution < 1.29 is 14.0 Å². The van der Waals surface area contributed by atoms with Crippen LogP contribution in [0.25, 0.3) is 0 Å². The molecule has 1 aliphatic carbocycles. The van der Waals surface area contributed by atoms with Gasteiger partial charge in [0, 0.05) is 9.89 Å². The Hall–Kier alpha value is -1.23. The molecule has 0 radical (unpaired) electrons. The molecule has 1 saturated heterocycles. The Kier molecular flexibility index (Phi) is 2.39. The van der Waals surface area contributed by atoms with Crippen molar-refractivity contribution in [1.82, 2.24) is 5.32 Å². The number of hydrogen-bond donors (Lipinski definition) is 1. The second-order valence-corrected chi connectivity index (χ2v) is 5.78. The summed E-state index contributed by atoms with van der Waals surface area (Å²) < 4.78 is 14.1. The van der Waals surface area contributed by atoms with Gasteiger partial charge in [0.05, 0.1) is 11.8 Å². The molecular weight excluding hydrogens is 301 g/mol. The van der Waals surface area contributed by atoms with E-state index in [0.29, 0.717) is 10.9 Å². The molecule has 2 fully saturated rings. The number of benzene rings is 1. The Labute approximate surface area is 112 Å². The molecule has 3 rings (SSSR count). The van der Waals surface area contributed by atoms with Crippen molar-refractivity contribution in [2.75, 3.05) is 0 Å². The molecule has 3 nitrogen and oxygen atoms in total. The number of amides is 2. The average molecular weight is 312 g/mol. The van der Waals surface area contributed by atoms with E-state index in [1.54, 1.807) is 6.07 Å². The van der Waals surface area contributed by atoms with E-state index >= 15 is 0 Å². The van der Waals surface area contributed by atoms with Crippen molar-refractivity contribution in [3.05, 3.63) is 34.1 Å². The fourth-order valence-corrected chi connectivity index (χ4v) is 3.78. The van der Waals surface area contributed by atoms with E-state index in [9.17, 15) is 14.0 Å². The summed E-state index contributed by atoms with van der Waals surface area (Å²) >= 11 is 3.25. The molecule has 2 aliphatic rings. The van der Waals surface area contributed by atoms with Crippen molar-refractivity contribution >= 4 is 27.7 Å². The monoisotopic (exact) mass is 311 g/mol. The van der Waals surface area contributed by atoms with E-state index in [4.69, 9.17) is 0 Å². The Morgan fingerprint density at radius 3 is 2.39 bits per heavy atom. The van der Waals surface area contributed by atoms with Gasteiger partial charge in [-0.25, -0.2) is 4.39 Å². The summed E-state index contributed by atoms with van der Waals surface area (Å²) in [6.07, 6.45) is 0.650. The molecule has 2 unspecified atom stereocenters. The predicted octanol–water partition coefficient (Wildman–Crippen LogP) is 2.14. The molecule has 0 bridgehead atoms. The number of carbonyl (C=O) groups excluding carboxylic acids is 2. The highest BCUT2D eigenvalue weighted by Gasteiger charge is 2.74. The summed E-state index contributed by atoms with van der Waals surface area (Å²) in [5, 5.41) is 2.32. The Morgan fingerprint density at radius 2 is 1.89 bits per heavy atom. The zero-order valence-corrected chi connectivity index (χ0v) is 11.3. The minimum atomic E-state index is -0.510. The van der Waals surface area contributed by atoms with Crippen LogP contribution < -0.4 is 5.32 Å². The molecule has 0 spiro atoms. The summed E-state index contributed by atoms with van der Waals surface area (Å²) in [7, 11) is 0. The van der Waals surface area contributed by atoms with Gasteiger partial charge in [0.15, 0.2) is 0 Å². The third-order valence-corrected chi connectivity index (χ3v) is 4.59. The third kappa shape index (κ3) is 1.34. The largest absolute Gasteiger partial charge is 0.296 e. The molecule has 1 saturated carbocycles. The van der Waals surface area contributed by atoms with Crippen LogP contribution in [0.3, 0.4) is 0 Å². The van der Waals surface area contributed by atoms with E-state index in [0.717, 1.165) is 5.56 Å². The van der Waals surface area contributed by atoms with Gasteiger partial charge in [-0.05, 0) is 30.2 Å². The molecule has 1 aromatic carbocycles. The highest BCUT2D eigenvalue weighted by Crippen LogP contribution is 2.64. The zero-order valence-electron chi connectivity index (χ0n) is 9.67. The van der Waals surface area contributed by atoms with Gasteiger partial charge in [0.2, 0.25) is 11.8 Å². The first kappa shape index (κ1) is 11.8. The Balaban J connectivity index is 2.10. The maximum Gasteiger partial charge on any atom is 0.231 e. The number of fused-ring (bicyclic) bond motifs is 1. The first-order valence-electron chi connectivity index (χ1n) is 5.82. The van der Waals surface area contributed by atoms with E-state index in [1.807, 2.05) is 6.92 Å². The Bertz CT molecular complexity index is 532. The molecule has 1 aliphatic heterocycles. The summed E-state index contributed by atoms with van der Waals surface area (Å²) in [5.74, 6) is -1.48. The second-order valence-electron chi connectivity index (χ2n) is 4.86. The van der Waals surface area contributed by atoms with Crippen LogP contribution in [0.1, 0.15) is 18.9 Å². The topological polar surface area (TPSA) is 46.2 Å². The number of rotatable bonds is 2. The van der Waals surface area contributed by atoms with Crippen LogP contribution in [0, 0.1) is 17.7 Å². The predicted molar refractivity (Wildman–Crippen MR) is 66.2 cm³/mol. The van der Waals surface area contributed by atoms with Crippen LogP contribution in [-0.4, -0.2) is 11.8 Å². The second kappa shape index (κ2) is 3.63. The van der Waals surface area contributed by atoms with Crippen LogP contribution in [0.5, 0.6) is 0 Å². The van der Waals surface area contributed by atoms with Crippen molar-refractivity contribution in [2.24, 2.45) is 11.8 Å². The number of nitrogens with one attached hydrogen (secondary N) is 1. The first-order valence-corrected chi connectivity index (χ1v) is 6.61. The van der Waals surface area contributed by atoms with Gasteiger partial charge in [0.25, 0.3) is 0 Å². The quantitative estimate of drug-likeness (QED) is 0.851. The zero-order chi connectivity index (χ0) is 13.1. The van der Waals surface area contributed by atoms with Crippen LogP contribution in [0.15, 0.2) is 22.7 Å². The van der Waals surface area contributed by atoms with Gasteiger partial charge < -0.3 is 0 Å². The Morgan fingerprint density at radius 1 is 1.28 bits per heavy atom. The minimum absolute atomic E-state index is 0.229. The fourth-order valence-electron chi connectivity index (χ4n) is 3.31. The SMILES string of the molecule is CCC1(c2cc(F)cc(Br)c2)C2C(=O)NC(=O)C21. The molecule has 1 N–H and O–H groups in total. The first-order chi connectivity index (χ1) is 8.50. The van der Waals surface area contributed by atoms with Crippen molar-refractivity contribution in [2.45, 2.75) is 18.8 Å². The lowest BCUT2D eigenvalue weighted by Crippen LogP contribution is -2.33. The lowest BCUT2D eigenvalue weighted by molar-refractivity contribution is -0.128. The van der Waals surface area contributed by atoms with Crippen LogP contribution in [-0.2, 0) is 15.0 Å². The maximum atomic E-state index is 13.5. The highest BCUT2D eigenvalue weighted by molar-refractivity contribution is 9.10. The third-order valence-electron chi connectivity index (χ3n) is 4.13.